The van der Waals surface area contributed by atoms with Crippen LogP contribution in [0.4, 0.5) is 13.2 Å². The Morgan fingerprint density at radius 2 is 1.80 bits per heavy atom. The van der Waals surface area contributed by atoms with E-state index in [4.69, 9.17) is 0 Å². The number of fused-ring (bicyclic) bond motifs is 1. The van der Waals surface area contributed by atoms with Crippen molar-refractivity contribution in [2.75, 3.05) is 0 Å². The molecular formula is C16H14F3N. The first-order valence-electron chi connectivity index (χ1n) is 6.57. The van der Waals surface area contributed by atoms with Gasteiger partial charge in [-0.3, -0.25) is 0 Å². The summed E-state index contributed by atoms with van der Waals surface area (Å²) < 4.78 is 40.1. The average molecular weight is 277 g/mol. The van der Waals surface area contributed by atoms with Crippen molar-refractivity contribution < 1.29 is 13.2 Å². The van der Waals surface area contributed by atoms with Crippen molar-refractivity contribution >= 4 is 0 Å². The highest BCUT2D eigenvalue weighted by Crippen LogP contribution is 2.25. The van der Waals surface area contributed by atoms with Crippen LogP contribution in [0, 0.1) is 17.5 Å². The molecule has 1 heterocycles. The van der Waals surface area contributed by atoms with Crippen LogP contribution < -0.4 is 5.32 Å². The molecule has 2 aromatic carbocycles. The summed E-state index contributed by atoms with van der Waals surface area (Å²) >= 11 is 0. The highest BCUT2D eigenvalue weighted by molar-refractivity contribution is 5.33. The van der Waals surface area contributed by atoms with Crippen LogP contribution in [-0.4, -0.2) is 6.04 Å². The molecule has 1 aliphatic rings. The molecule has 1 N–H and O–H groups in total. The van der Waals surface area contributed by atoms with Gasteiger partial charge in [-0.25, -0.2) is 13.2 Å². The van der Waals surface area contributed by atoms with E-state index in [2.05, 4.69) is 5.32 Å². The SMILES string of the molecule is Fc1cc2c(c(F)c1F)CNC(Cc1ccccc1)C2. The number of hydrogen-bond acceptors (Lipinski definition) is 1. The lowest BCUT2D eigenvalue weighted by Crippen LogP contribution is -2.38. The molecule has 20 heavy (non-hydrogen) atoms. The third-order valence-electron chi connectivity index (χ3n) is 3.71. The molecule has 0 saturated carbocycles. The normalized spacial score (nSPS) is 17.9. The summed E-state index contributed by atoms with van der Waals surface area (Å²) in [4.78, 5) is 0. The van der Waals surface area contributed by atoms with Crippen LogP contribution in [0.5, 0.6) is 0 Å². The van der Waals surface area contributed by atoms with Gasteiger partial charge in [0.15, 0.2) is 17.5 Å². The van der Waals surface area contributed by atoms with Crippen LogP contribution in [0.3, 0.4) is 0 Å². The Balaban J connectivity index is 1.82. The summed E-state index contributed by atoms with van der Waals surface area (Å²) in [5, 5.41) is 3.18. The van der Waals surface area contributed by atoms with Crippen molar-refractivity contribution in [1.29, 1.82) is 0 Å². The van der Waals surface area contributed by atoms with E-state index >= 15 is 0 Å². The molecule has 0 aromatic heterocycles. The van der Waals surface area contributed by atoms with Crippen LogP contribution in [0.2, 0.25) is 0 Å². The lowest BCUT2D eigenvalue weighted by molar-refractivity contribution is 0.411. The topological polar surface area (TPSA) is 12.0 Å². The molecule has 1 aliphatic heterocycles. The molecule has 0 saturated heterocycles. The lowest BCUT2D eigenvalue weighted by atomic mass is 9.91. The van der Waals surface area contributed by atoms with Gasteiger partial charge in [-0.05, 0) is 30.0 Å². The van der Waals surface area contributed by atoms with Gasteiger partial charge in [0.05, 0.1) is 0 Å². The van der Waals surface area contributed by atoms with Crippen LogP contribution >= 0.6 is 0 Å². The zero-order valence-corrected chi connectivity index (χ0v) is 10.8. The van der Waals surface area contributed by atoms with E-state index in [1.807, 2.05) is 30.3 Å². The van der Waals surface area contributed by atoms with Gasteiger partial charge in [0, 0.05) is 18.2 Å². The second-order valence-corrected chi connectivity index (χ2v) is 5.10. The van der Waals surface area contributed by atoms with E-state index in [9.17, 15) is 13.2 Å². The van der Waals surface area contributed by atoms with Gasteiger partial charge in [-0.1, -0.05) is 30.3 Å². The van der Waals surface area contributed by atoms with Crippen LogP contribution in [0.25, 0.3) is 0 Å². The molecular weight excluding hydrogens is 263 g/mol. The van der Waals surface area contributed by atoms with Gasteiger partial charge in [0.1, 0.15) is 0 Å². The quantitative estimate of drug-likeness (QED) is 0.830. The monoisotopic (exact) mass is 277 g/mol. The molecule has 0 aliphatic carbocycles. The van der Waals surface area contributed by atoms with E-state index in [0.717, 1.165) is 18.1 Å². The molecule has 1 nitrogen and oxygen atoms in total. The number of hydrogen-bond donors (Lipinski definition) is 1. The fourth-order valence-corrected chi connectivity index (χ4v) is 2.68. The van der Waals surface area contributed by atoms with Crippen LogP contribution in [0.1, 0.15) is 16.7 Å². The van der Waals surface area contributed by atoms with Crippen molar-refractivity contribution in [3.8, 4) is 0 Å². The summed E-state index contributed by atoms with van der Waals surface area (Å²) in [5.74, 6) is -3.56. The number of nitrogens with one attached hydrogen (secondary N) is 1. The summed E-state index contributed by atoms with van der Waals surface area (Å²) in [6.07, 6.45) is 1.28. The highest BCUT2D eigenvalue weighted by atomic mass is 19.2. The van der Waals surface area contributed by atoms with Crippen molar-refractivity contribution in [3.63, 3.8) is 0 Å². The summed E-state index contributed by atoms with van der Waals surface area (Å²) in [6.45, 7) is 0.232. The Hall–Kier alpha value is -1.81. The maximum absolute atomic E-state index is 13.6. The van der Waals surface area contributed by atoms with Crippen molar-refractivity contribution in [2.45, 2.75) is 25.4 Å². The molecule has 4 heteroatoms. The Morgan fingerprint density at radius 3 is 2.55 bits per heavy atom. The highest BCUT2D eigenvalue weighted by Gasteiger charge is 2.25. The molecule has 1 atom stereocenters. The molecule has 0 spiro atoms. The number of halogens is 3. The molecule has 3 rings (SSSR count). The van der Waals surface area contributed by atoms with Gasteiger partial charge < -0.3 is 5.32 Å². The lowest BCUT2D eigenvalue weighted by Gasteiger charge is -2.26. The second kappa shape index (κ2) is 5.29. The Labute approximate surface area is 115 Å². The van der Waals surface area contributed by atoms with E-state index in [1.54, 1.807) is 0 Å². The van der Waals surface area contributed by atoms with Gasteiger partial charge >= 0.3 is 0 Å². The Kier molecular flexibility index (Phi) is 3.49. The Morgan fingerprint density at radius 1 is 1.05 bits per heavy atom. The van der Waals surface area contributed by atoms with Gasteiger partial charge in [0.25, 0.3) is 0 Å². The first kappa shape index (κ1) is 13.2. The minimum Gasteiger partial charge on any atom is -0.309 e. The van der Waals surface area contributed by atoms with E-state index in [-0.39, 0.29) is 18.2 Å². The zero-order valence-electron chi connectivity index (χ0n) is 10.8. The Bertz CT molecular complexity index is 625. The first-order chi connectivity index (χ1) is 9.65. The maximum atomic E-state index is 13.6. The standard InChI is InChI=1S/C16H14F3N/c17-14-8-11-7-12(6-10-4-2-1-3-5-10)20-9-13(11)15(18)16(14)19/h1-5,8,12,20H,6-7,9H2. The summed E-state index contributed by atoms with van der Waals surface area (Å²) in [7, 11) is 0. The fraction of sp³-hybridized carbons (Fsp3) is 0.250. The minimum absolute atomic E-state index is 0.106. The average Bonchev–Trinajstić information content (AvgIpc) is 2.46. The maximum Gasteiger partial charge on any atom is 0.194 e. The second-order valence-electron chi connectivity index (χ2n) is 5.10. The number of benzene rings is 2. The third kappa shape index (κ3) is 2.43. The van der Waals surface area contributed by atoms with E-state index in [1.165, 1.54) is 0 Å². The fourth-order valence-electron chi connectivity index (χ4n) is 2.68. The number of rotatable bonds is 2. The molecule has 0 radical (unpaired) electrons. The summed E-state index contributed by atoms with van der Waals surface area (Å²) in [5.41, 5.74) is 1.96. The summed E-state index contributed by atoms with van der Waals surface area (Å²) in [6, 6.07) is 11.1. The molecule has 2 aromatic rings. The molecule has 1 unspecified atom stereocenters. The molecule has 104 valence electrons. The zero-order chi connectivity index (χ0) is 14.1. The predicted molar refractivity (Wildman–Crippen MR) is 70.8 cm³/mol. The van der Waals surface area contributed by atoms with E-state index < -0.39 is 17.5 Å². The van der Waals surface area contributed by atoms with Crippen LogP contribution in [0.15, 0.2) is 36.4 Å². The predicted octanol–water partition coefficient (Wildman–Crippen LogP) is 3.36. The van der Waals surface area contributed by atoms with Crippen molar-refractivity contribution in [3.05, 3.63) is 70.5 Å². The molecule has 0 fully saturated rings. The van der Waals surface area contributed by atoms with Crippen molar-refractivity contribution in [2.24, 2.45) is 0 Å². The van der Waals surface area contributed by atoms with Gasteiger partial charge in [-0.15, -0.1) is 0 Å². The molecule has 0 amide bonds. The van der Waals surface area contributed by atoms with Crippen LogP contribution in [-0.2, 0) is 19.4 Å². The van der Waals surface area contributed by atoms with E-state index in [0.29, 0.717) is 12.0 Å². The van der Waals surface area contributed by atoms with Crippen molar-refractivity contribution in [1.82, 2.24) is 5.32 Å². The third-order valence-corrected chi connectivity index (χ3v) is 3.71. The first-order valence-corrected chi connectivity index (χ1v) is 6.57. The minimum atomic E-state index is -1.38. The van der Waals surface area contributed by atoms with Gasteiger partial charge in [0.2, 0.25) is 0 Å². The largest absolute Gasteiger partial charge is 0.309 e. The molecule has 0 bridgehead atoms. The van der Waals surface area contributed by atoms with Gasteiger partial charge in [-0.2, -0.15) is 0 Å². The smallest absolute Gasteiger partial charge is 0.194 e.